The van der Waals surface area contributed by atoms with Gasteiger partial charge in [-0.15, -0.1) is 0 Å². The van der Waals surface area contributed by atoms with Gasteiger partial charge in [-0.3, -0.25) is 9.59 Å². The smallest absolute Gasteiger partial charge is 0.225 e. The summed E-state index contributed by atoms with van der Waals surface area (Å²) in [5, 5.41) is 3.41. The molecule has 4 nitrogen and oxygen atoms in total. The van der Waals surface area contributed by atoms with E-state index in [0.29, 0.717) is 23.3 Å². The fourth-order valence-corrected chi connectivity index (χ4v) is 5.66. The number of fused-ring (bicyclic) bond motifs is 2. The highest BCUT2D eigenvalue weighted by Crippen LogP contribution is 2.65. The van der Waals surface area contributed by atoms with Gasteiger partial charge in [0.1, 0.15) is 0 Å². The molecule has 0 aromatic carbocycles. The SMILES string of the molecule is CC1(C)[C@H]2CC[C@@]1(C)[C@H](NC(=O)C1CCN(C(=O)C3CC3)CC1)C2. The Morgan fingerprint density at radius 3 is 2.12 bits per heavy atom. The first-order valence-corrected chi connectivity index (χ1v) is 9.92. The zero-order valence-corrected chi connectivity index (χ0v) is 15.4. The Hall–Kier alpha value is -1.06. The van der Waals surface area contributed by atoms with E-state index in [1.165, 1.54) is 12.8 Å². The van der Waals surface area contributed by atoms with Gasteiger partial charge in [0.25, 0.3) is 0 Å². The van der Waals surface area contributed by atoms with E-state index in [4.69, 9.17) is 0 Å². The Morgan fingerprint density at radius 2 is 1.62 bits per heavy atom. The molecule has 0 aromatic rings. The number of nitrogens with one attached hydrogen (secondary N) is 1. The van der Waals surface area contributed by atoms with Crippen LogP contribution in [0.3, 0.4) is 0 Å². The molecule has 0 radical (unpaired) electrons. The fraction of sp³-hybridized carbons (Fsp3) is 0.900. The first-order chi connectivity index (χ1) is 11.3. The molecule has 4 aliphatic rings. The van der Waals surface area contributed by atoms with Gasteiger partial charge in [-0.1, -0.05) is 20.8 Å². The predicted octanol–water partition coefficient (Wildman–Crippen LogP) is 2.97. The molecule has 0 aromatic heterocycles. The Morgan fingerprint density at radius 1 is 0.958 bits per heavy atom. The zero-order valence-electron chi connectivity index (χ0n) is 15.4. The number of rotatable bonds is 3. The second kappa shape index (κ2) is 5.47. The number of hydrogen-bond donors (Lipinski definition) is 1. The summed E-state index contributed by atoms with van der Waals surface area (Å²) in [6, 6.07) is 0.338. The van der Waals surface area contributed by atoms with Gasteiger partial charge in [-0.2, -0.15) is 0 Å². The van der Waals surface area contributed by atoms with Crippen molar-refractivity contribution in [1.82, 2.24) is 10.2 Å². The standard InChI is InChI=1S/C20H32N2O2/c1-19(2)15-6-9-20(19,3)16(12-15)21-17(23)13-7-10-22(11-8-13)18(24)14-4-5-14/h13-16H,4-12H2,1-3H3,(H,21,23)/t15-,16+,20-/m0/s1. The summed E-state index contributed by atoms with van der Waals surface area (Å²) in [7, 11) is 0. The van der Waals surface area contributed by atoms with Gasteiger partial charge in [0, 0.05) is 31.0 Å². The van der Waals surface area contributed by atoms with Crippen LogP contribution in [0.4, 0.5) is 0 Å². The second-order valence-electron chi connectivity index (χ2n) is 9.55. The van der Waals surface area contributed by atoms with Crippen LogP contribution in [0.25, 0.3) is 0 Å². The van der Waals surface area contributed by atoms with Crippen molar-refractivity contribution in [3.8, 4) is 0 Å². The minimum absolute atomic E-state index is 0.0964. The second-order valence-corrected chi connectivity index (χ2v) is 9.55. The molecule has 2 amide bonds. The highest BCUT2D eigenvalue weighted by atomic mass is 16.2. The summed E-state index contributed by atoms with van der Waals surface area (Å²) in [6.45, 7) is 8.69. The maximum Gasteiger partial charge on any atom is 0.225 e. The van der Waals surface area contributed by atoms with Gasteiger partial charge < -0.3 is 10.2 Å². The zero-order chi connectivity index (χ0) is 17.1. The highest BCUT2D eigenvalue weighted by molar-refractivity contribution is 5.82. The molecule has 1 aliphatic heterocycles. The predicted molar refractivity (Wildman–Crippen MR) is 93.2 cm³/mol. The molecular formula is C20H32N2O2. The number of carbonyl (C=O) groups is 2. The van der Waals surface area contributed by atoms with E-state index < -0.39 is 0 Å². The topological polar surface area (TPSA) is 49.4 Å². The number of piperidine rings is 1. The van der Waals surface area contributed by atoms with E-state index in [1.54, 1.807) is 0 Å². The van der Waals surface area contributed by atoms with E-state index in [1.807, 2.05) is 4.90 Å². The Labute approximate surface area is 145 Å². The lowest BCUT2D eigenvalue weighted by molar-refractivity contribution is -0.137. The van der Waals surface area contributed by atoms with E-state index in [-0.39, 0.29) is 17.2 Å². The molecule has 1 saturated heterocycles. The average molecular weight is 332 g/mol. The monoisotopic (exact) mass is 332 g/mol. The Kier molecular flexibility index (Phi) is 3.74. The first-order valence-electron chi connectivity index (χ1n) is 9.92. The summed E-state index contributed by atoms with van der Waals surface area (Å²) < 4.78 is 0. The van der Waals surface area contributed by atoms with E-state index >= 15 is 0 Å². The molecule has 0 unspecified atom stereocenters. The van der Waals surface area contributed by atoms with Crippen molar-refractivity contribution in [1.29, 1.82) is 0 Å². The molecule has 4 heteroatoms. The number of nitrogens with zero attached hydrogens (tertiary/aromatic N) is 1. The summed E-state index contributed by atoms with van der Waals surface area (Å²) in [6.07, 6.45) is 7.50. The molecule has 3 aliphatic carbocycles. The molecule has 134 valence electrons. The molecule has 3 atom stereocenters. The molecule has 4 rings (SSSR count). The lowest BCUT2D eigenvalue weighted by Crippen LogP contribution is -2.50. The normalized spacial score (nSPS) is 38.4. The van der Waals surface area contributed by atoms with Crippen LogP contribution < -0.4 is 5.32 Å². The fourth-order valence-electron chi connectivity index (χ4n) is 5.66. The van der Waals surface area contributed by atoms with Crippen molar-refractivity contribution in [2.75, 3.05) is 13.1 Å². The molecule has 0 spiro atoms. The van der Waals surface area contributed by atoms with Gasteiger partial charge in [-0.25, -0.2) is 0 Å². The minimum Gasteiger partial charge on any atom is -0.353 e. The van der Waals surface area contributed by atoms with Gasteiger partial charge in [0.15, 0.2) is 0 Å². The third-order valence-corrected chi connectivity index (χ3v) is 8.21. The highest BCUT2D eigenvalue weighted by Gasteiger charge is 2.61. The summed E-state index contributed by atoms with van der Waals surface area (Å²) in [5.41, 5.74) is 0.584. The number of carbonyl (C=O) groups excluding carboxylic acids is 2. The van der Waals surface area contributed by atoms with Crippen molar-refractivity contribution in [2.24, 2.45) is 28.6 Å². The van der Waals surface area contributed by atoms with Crippen molar-refractivity contribution < 1.29 is 9.59 Å². The third-order valence-electron chi connectivity index (χ3n) is 8.21. The first kappa shape index (κ1) is 16.4. The van der Waals surface area contributed by atoms with Gasteiger partial charge in [-0.05, 0) is 61.7 Å². The molecular weight excluding hydrogens is 300 g/mol. The van der Waals surface area contributed by atoms with Crippen LogP contribution in [0.15, 0.2) is 0 Å². The lowest BCUT2D eigenvalue weighted by atomic mass is 9.69. The Bertz CT molecular complexity index is 546. The third kappa shape index (κ3) is 2.40. The van der Waals surface area contributed by atoms with Crippen LogP contribution >= 0.6 is 0 Å². The molecule has 2 bridgehead atoms. The quantitative estimate of drug-likeness (QED) is 0.864. The Balaban J connectivity index is 1.32. The average Bonchev–Trinajstić information content (AvgIpc) is 3.35. The molecule has 4 fully saturated rings. The van der Waals surface area contributed by atoms with Crippen LogP contribution in [0.1, 0.15) is 65.7 Å². The van der Waals surface area contributed by atoms with E-state index in [9.17, 15) is 9.59 Å². The van der Waals surface area contributed by atoms with Crippen LogP contribution in [-0.2, 0) is 9.59 Å². The van der Waals surface area contributed by atoms with E-state index in [2.05, 4.69) is 26.1 Å². The van der Waals surface area contributed by atoms with Gasteiger partial charge >= 0.3 is 0 Å². The van der Waals surface area contributed by atoms with E-state index in [0.717, 1.165) is 51.1 Å². The summed E-state index contributed by atoms with van der Waals surface area (Å²) >= 11 is 0. The molecule has 1 heterocycles. The van der Waals surface area contributed by atoms with Crippen LogP contribution in [0.5, 0.6) is 0 Å². The largest absolute Gasteiger partial charge is 0.353 e. The number of hydrogen-bond acceptors (Lipinski definition) is 2. The molecule has 1 N–H and O–H groups in total. The van der Waals surface area contributed by atoms with Gasteiger partial charge in [0.05, 0.1) is 0 Å². The minimum atomic E-state index is 0.0964. The molecule has 24 heavy (non-hydrogen) atoms. The summed E-state index contributed by atoms with van der Waals surface area (Å²) in [4.78, 5) is 26.9. The maximum atomic E-state index is 12.8. The van der Waals surface area contributed by atoms with Crippen LogP contribution in [0, 0.1) is 28.6 Å². The summed E-state index contributed by atoms with van der Waals surface area (Å²) in [5.74, 6) is 1.72. The van der Waals surface area contributed by atoms with Crippen molar-refractivity contribution in [2.45, 2.75) is 71.8 Å². The van der Waals surface area contributed by atoms with Crippen molar-refractivity contribution >= 4 is 11.8 Å². The maximum absolute atomic E-state index is 12.8. The molecule has 3 saturated carbocycles. The van der Waals surface area contributed by atoms with Crippen LogP contribution in [-0.4, -0.2) is 35.8 Å². The van der Waals surface area contributed by atoms with Gasteiger partial charge in [0.2, 0.25) is 11.8 Å². The lowest BCUT2D eigenvalue weighted by Gasteiger charge is -2.40. The van der Waals surface area contributed by atoms with Crippen molar-refractivity contribution in [3.05, 3.63) is 0 Å². The number of likely N-dealkylation sites (tertiary alicyclic amines) is 1. The number of amides is 2. The van der Waals surface area contributed by atoms with Crippen molar-refractivity contribution in [3.63, 3.8) is 0 Å². The van der Waals surface area contributed by atoms with Crippen LogP contribution in [0.2, 0.25) is 0 Å².